The molecule has 0 aliphatic rings. The lowest BCUT2D eigenvalue weighted by Gasteiger charge is -2.07. The zero-order valence-corrected chi connectivity index (χ0v) is 18.4. The first-order valence-corrected chi connectivity index (χ1v) is 11.2. The van der Waals surface area contributed by atoms with E-state index in [1.54, 1.807) is 0 Å². The van der Waals surface area contributed by atoms with Crippen molar-refractivity contribution in [3.05, 3.63) is 96.2 Å². The highest BCUT2D eigenvalue weighted by molar-refractivity contribution is 7.99. The molecule has 0 fully saturated rings. The number of hydrogen-bond donors (Lipinski definition) is 0. The lowest BCUT2D eigenvalue weighted by Crippen LogP contribution is -2.03. The Hall–Kier alpha value is -3.31. The molecular formula is C26H24N2O2S. The number of thioether (sulfide) groups is 1. The molecule has 0 unspecified atom stereocenters. The van der Waals surface area contributed by atoms with E-state index in [0.717, 1.165) is 33.4 Å². The maximum Gasteiger partial charge on any atom is 0.173 e. The van der Waals surface area contributed by atoms with E-state index in [-0.39, 0.29) is 5.78 Å². The molecule has 0 N–H and O–H groups in total. The fourth-order valence-corrected chi connectivity index (χ4v) is 4.11. The highest BCUT2D eigenvalue weighted by atomic mass is 32.2. The Kier molecular flexibility index (Phi) is 6.53. The van der Waals surface area contributed by atoms with E-state index in [2.05, 4.69) is 31.2 Å². The van der Waals surface area contributed by atoms with Crippen molar-refractivity contribution >= 4 is 17.5 Å². The molecular weight excluding hydrogens is 404 g/mol. The monoisotopic (exact) mass is 428 g/mol. The summed E-state index contributed by atoms with van der Waals surface area (Å²) in [6.07, 6.45) is 2.02. The van der Waals surface area contributed by atoms with Gasteiger partial charge in [-0.25, -0.2) is 4.98 Å². The lowest BCUT2D eigenvalue weighted by atomic mass is 10.1. The summed E-state index contributed by atoms with van der Waals surface area (Å²) in [5.74, 6) is 1.26. The molecule has 31 heavy (non-hydrogen) atoms. The van der Waals surface area contributed by atoms with Crippen LogP contribution in [0, 0.1) is 6.92 Å². The van der Waals surface area contributed by atoms with Crippen LogP contribution in [0.5, 0.6) is 5.75 Å². The number of imidazole rings is 1. The first kappa shape index (κ1) is 20.9. The van der Waals surface area contributed by atoms with E-state index in [0.29, 0.717) is 12.4 Å². The van der Waals surface area contributed by atoms with Crippen molar-refractivity contribution in [1.29, 1.82) is 0 Å². The normalized spacial score (nSPS) is 10.8. The average molecular weight is 429 g/mol. The fraction of sp³-hybridized carbons (Fsp3) is 0.154. The van der Waals surface area contributed by atoms with Crippen LogP contribution < -0.4 is 4.74 Å². The zero-order chi connectivity index (χ0) is 21.6. The Morgan fingerprint density at radius 3 is 2.35 bits per heavy atom. The first-order chi connectivity index (χ1) is 15.1. The summed E-state index contributed by atoms with van der Waals surface area (Å²) in [5, 5.41) is 0.789. The average Bonchev–Trinajstić information content (AvgIpc) is 3.23. The van der Waals surface area contributed by atoms with Gasteiger partial charge in [-0.3, -0.25) is 9.36 Å². The quantitative estimate of drug-likeness (QED) is 0.247. The first-order valence-electron chi connectivity index (χ1n) is 10.2. The van der Waals surface area contributed by atoms with Gasteiger partial charge in [-0.1, -0.05) is 59.8 Å². The summed E-state index contributed by atoms with van der Waals surface area (Å²) in [6, 6.07) is 25.6. The molecule has 0 saturated heterocycles. The van der Waals surface area contributed by atoms with Crippen LogP contribution in [0.15, 0.2) is 90.2 Å². The van der Waals surface area contributed by atoms with Crippen LogP contribution in [0.1, 0.15) is 22.8 Å². The molecule has 0 saturated carbocycles. The number of rotatable bonds is 8. The summed E-state index contributed by atoms with van der Waals surface area (Å²) >= 11 is 1.45. The van der Waals surface area contributed by atoms with Crippen LogP contribution in [0.25, 0.3) is 16.9 Å². The van der Waals surface area contributed by atoms with Crippen molar-refractivity contribution in [1.82, 2.24) is 9.55 Å². The smallest absolute Gasteiger partial charge is 0.173 e. The molecule has 3 aromatic carbocycles. The highest BCUT2D eigenvalue weighted by Gasteiger charge is 2.14. The molecule has 0 amide bonds. The van der Waals surface area contributed by atoms with Gasteiger partial charge in [0.25, 0.3) is 0 Å². The van der Waals surface area contributed by atoms with Crippen LogP contribution in [-0.2, 0) is 0 Å². The van der Waals surface area contributed by atoms with Gasteiger partial charge in [0.05, 0.1) is 18.1 Å². The van der Waals surface area contributed by atoms with E-state index in [1.165, 1.54) is 17.3 Å². The molecule has 4 nitrogen and oxygen atoms in total. The summed E-state index contributed by atoms with van der Waals surface area (Å²) in [7, 11) is 0. The maximum atomic E-state index is 12.6. The van der Waals surface area contributed by atoms with E-state index in [9.17, 15) is 4.79 Å². The Morgan fingerprint density at radius 2 is 1.68 bits per heavy atom. The third-order valence-corrected chi connectivity index (χ3v) is 5.83. The molecule has 0 bridgehead atoms. The van der Waals surface area contributed by atoms with Gasteiger partial charge in [-0.05, 0) is 50.2 Å². The van der Waals surface area contributed by atoms with Crippen LogP contribution in [-0.4, -0.2) is 27.7 Å². The topological polar surface area (TPSA) is 44.1 Å². The third kappa shape index (κ3) is 5.06. The van der Waals surface area contributed by atoms with Crippen LogP contribution in [0.4, 0.5) is 0 Å². The zero-order valence-electron chi connectivity index (χ0n) is 17.6. The van der Waals surface area contributed by atoms with Crippen molar-refractivity contribution in [2.45, 2.75) is 19.0 Å². The van der Waals surface area contributed by atoms with E-state index < -0.39 is 0 Å². The van der Waals surface area contributed by atoms with Gasteiger partial charge in [-0.15, -0.1) is 0 Å². The Morgan fingerprint density at radius 1 is 0.968 bits per heavy atom. The molecule has 0 spiro atoms. The number of ketones is 1. The molecule has 0 radical (unpaired) electrons. The van der Waals surface area contributed by atoms with E-state index in [4.69, 9.17) is 9.72 Å². The Labute approximate surface area is 186 Å². The Balaban J connectivity index is 1.63. The summed E-state index contributed by atoms with van der Waals surface area (Å²) in [4.78, 5) is 17.5. The summed E-state index contributed by atoms with van der Waals surface area (Å²) in [6.45, 7) is 4.67. The van der Waals surface area contributed by atoms with Crippen LogP contribution >= 0.6 is 11.8 Å². The maximum absolute atomic E-state index is 12.6. The lowest BCUT2D eigenvalue weighted by molar-refractivity contribution is 0.102. The van der Waals surface area contributed by atoms with Crippen molar-refractivity contribution < 1.29 is 9.53 Å². The SMILES string of the molecule is CCOc1ccc(-c2cn(-c3ccc(C)cc3)c(SCC(=O)c3ccccc3)n2)cc1. The molecule has 1 heterocycles. The largest absolute Gasteiger partial charge is 0.494 e. The number of hydrogen-bond acceptors (Lipinski definition) is 4. The van der Waals surface area contributed by atoms with E-state index >= 15 is 0 Å². The van der Waals surface area contributed by atoms with Crippen molar-refractivity contribution in [2.75, 3.05) is 12.4 Å². The standard InChI is InChI=1S/C26H24N2O2S/c1-3-30-23-15-11-20(12-16-23)24-17-28(22-13-9-19(2)10-14-22)26(27-24)31-18-25(29)21-7-5-4-6-8-21/h4-17H,3,18H2,1-2H3. The Bertz CT molecular complexity index is 1150. The van der Waals surface area contributed by atoms with Gasteiger partial charge in [0.1, 0.15) is 5.75 Å². The second-order valence-electron chi connectivity index (χ2n) is 7.15. The molecule has 1 aromatic heterocycles. The third-order valence-electron chi connectivity index (χ3n) is 4.87. The van der Waals surface area contributed by atoms with Gasteiger partial charge in [-0.2, -0.15) is 0 Å². The van der Waals surface area contributed by atoms with Crippen molar-refractivity contribution in [3.63, 3.8) is 0 Å². The van der Waals surface area contributed by atoms with E-state index in [1.807, 2.05) is 72.3 Å². The van der Waals surface area contributed by atoms with Gasteiger partial charge >= 0.3 is 0 Å². The molecule has 4 aromatic rings. The van der Waals surface area contributed by atoms with Crippen LogP contribution in [0.2, 0.25) is 0 Å². The number of carbonyl (C=O) groups is 1. The highest BCUT2D eigenvalue weighted by Crippen LogP contribution is 2.29. The number of Topliss-reactive ketones (excluding diaryl/α,β-unsaturated/α-hetero) is 1. The van der Waals surface area contributed by atoms with Gasteiger partial charge < -0.3 is 4.74 Å². The van der Waals surface area contributed by atoms with Gasteiger partial charge in [0, 0.05) is 23.0 Å². The van der Waals surface area contributed by atoms with Gasteiger partial charge in [0.2, 0.25) is 0 Å². The minimum absolute atomic E-state index is 0.0895. The molecule has 0 atom stereocenters. The number of aromatic nitrogens is 2. The molecule has 0 aliphatic carbocycles. The second-order valence-corrected chi connectivity index (χ2v) is 8.09. The van der Waals surface area contributed by atoms with Gasteiger partial charge in [0.15, 0.2) is 10.9 Å². The molecule has 4 rings (SSSR count). The van der Waals surface area contributed by atoms with Crippen LogP contribution in [0.3, 0.4) is 0 Å². The number of nitrogens with zero attached hydrogens (tertiary/aromatic N) is 2. The second kappa shape index (κ2) is 9.67. The predicted molar refractivity (Wildman–Crippen MR) is 126 cm³/mol. The number of ether oxygens (including phenoxy) is 1. The van der Waals surface area contributed by atoms with Crippen molar-refractivity contribution in [2.24, 2.45) is 0 Å². The fourth-order valence-electron chi connectivity index (χ4n) is 3.22. The summed E-state index contributed by atoms with van der Waals surface area (Å²) in [5.41, 5.74) is 4.80. The predicted octanol–water partition coefficient (Wildman–Crippen LogP) is 6.22. The number of benzene rings is 3. The number of aryl methyl sites for hydroxylation is 1. The van der Waals surface area contributed by atoms with Crippen molar-refractivity contribution in [3.8, 4) is 22.7 Å². The summed E-state index contributed by atoms with van der Waals surface area (Å²) < 4.78 is 7.60. The molecule has 5 heteroatoms. The molecule has 0 aliphatic heterocycles. The molecule has 156 valence electrons. The minimum Gasteiger partial charge on any atom is -0.494 e. The number of carbonyl (C=O) groups excluding carboxylic acids is 1. The minimum atomic E-state index is 0.0895.